The number of imide groups is 1. The van der Waals surface area contributed by atoms with Gasteiger partial charge in [0.05, 0.1) is 24.7 Å². The molecule has 1 fully saturated rings. The number of benzene rings is 1. The lowest BCUT2D eigenvalue weighted by Crippen LogP contribution is -2.56. The third-order valence-electron chi connectivity index (χ3n) is 3.12. The molecule has 108 valence electrons. The summed E-state index contributed by atoms with van der Waals surface area (Å²) in [4.78, 5) is 24.5. The van der Waals surface area contributed by atoms with Crippen molar-refractivity contribution < 1.29 is 22.8 Å². The van der Waals surface area contributed by atoms with Crippen LogP contribution >= 0.6 is 0 Å². The summed E-state index contributed by atoms with van der Waals surface area (Å²) < 4.78 is 37.3. The zero-order valence-electron chi connectivity index (χ0n) is 10.7. The van der Waals surface area contributed by atoms with Gasteiger partial charge < -0.3 is 0 Å². The quantitative estimate of drug-likeness (QED) is 0.839. The summed E-state index contributed by atoms with van der Waals surface area (Å²) in [6.07, 6.45) is -4.40. The normalized spacial score (nSPS) is 20.4. The Morgan fingerprint density at radius 1 is 1.25 bits per heavy atom. The van der Waals surface area contributed by atoms with Crippen LogP contribution in [0.15, 0.2) is 24.3 Å². The molecule has 0 bridgehead atoms. The lowest BCUT2D eigenvalue weighted by molar-refractivity contribution is -0.149. The van der Waals surface area contributed by atoms with Crippen LogP contribution in [0.1, 0.15) is 18.1 Å². The van der Waals surface area contributed by atoms with E-state index >= 15 is 0 Å². The minimum atomic E-state index is -4.40. The first kappa shape index (κ1) is 14.5. The Balaban J connectivity index is 2.13. The number of nitrogens with zero attached hydrogens (tertiary/aromatic N) is 1. The van der Waals surface area contributed by atoms with E-state index in [9.17, 15) is 22.8 Å². The number of piperazine rings is 1. The Morgan fingerprint density at radius 2 is 1.85 bits per heavy atom. The first-order chi connectivity index (χ1) is 9.29. The van der Waals surface area contributed by atoms with Crippen molar-refractivity contribution in [1.82, 2.24) is 10.2 Å². The minimum absolute atomic E-state index is 0.0121. The van der Waals surface area contributed by atoms with Gasteiger partial charge >= 0.3 is 6.18 Å². The van der Waals surface area contributed by atoms with Crippen LogP contribution in [-0.4, -0.2) is 29.3 Å². The molecular weight excluding hydrogens is 273 g/mol. The number of halogens is 3. The van der Waals surface area contributed by atoms with E-state index < -0.39 is 17.8 Å². The van der Waals surface area contributed by atoms with Crippen LogP contribution in [0.3, 0.4) is 0 Å². The van der Waals surface area contributed by atoms with Crippen LogP contribution in [0, 0.1) is 0 Å². The third-order valence-corrected chi connectivity index (χ3v) is 3.12. The molecule has 1 N–H and O–H groups in total. The third kappa shape index (κ3) is 2.98. The van der Waals surface area contributed by atoms with Crippen LogP contribution in [0.2, 0.25) is 0 Å². The van der Waals surface area contributed by atoms with Crippen molar-refractivity contribution >= 4 is 11.8 Å². The van der Waals surface area contributed by atoms with Crippen LogP contribution in [0.4, 0.5) is 13.2 Å². The minimum Gasteiger partial charge on any atom is -0.298 e. The molecule has 1 heterocycles. The number of carbonyl (C=O) groups excluding carboxylic acids is 2. The number of alkyl halides is 3. The number of carbonyl (C=O) groups is 2. The number of rotatable bonds is 2. The van der Waals surface area contributed by atoms with Crippen LogP contribution in [0.25, 0.3) is 0 Å². The van der Waals surface area contributed by atoms with Crippen molar-refractivity contribution in [2.75, 3.05) is 6.54 Å². The van der Waals surface area contributed by atoms with E-state index in [2.05, 4.69) is 5.32 Å². The van der Waals surface area contributed by atoms with Crippen molar-refractivity contribution in [3.63, 3.8) is 0 Å². The highest BCUT2D eigenvalue weighted by molar-refractivity contribution is 6.00. The molecule has 1 atom stereocenters. The Morgan fingerprint density at radius 3 is 2.40 bits per heavy atom. The summed E-state index contributed by atoms with van der Waals surface area (Å²) in [6, 6.07) is 3.96. The molecule has 2 amide bonds. The van der Waals surface area contributed by atoms with Crippen molar-refractivity contribution in [2.24, 2.45) is 0 Å². The summed E-state index contributed by atoms with van der Waals surface area (Å²) in [7, 11) is 0. The Bertz CT molecular complexity index is 525. The van der Waals surface area contributed by atoms with Crippen molar-refractivity contribution in [1.29, 1.82) is 0 Å². The highest BCUT2D eigenvalue weighted by Gasteiger charge is 2.32. The largest absolute Gasteiger partial charge is 0.416 e. The summed E-state index contributed by atoms with van der Waals surface area (Å²) in [5.74, 6) is -0.755. The topological polar surface area (TPSA) is 49.4 Å². The van der Waals surface area contributed by atoms with E-state index in [0.29, 0.717) is 5.56 Å². The molecule has 1 aromatic rings. The average molecular weight is 286 g/mol. The lowest BCUT2D eigenvalue weighted by Gasteiger charge is -2.29. The van der Waals surface area contributed by atoms with Gasteiger partial charge in [-0.05, 0) is 24.6 Å². The molecule has 1 aliphatic rings. The zero-order valence-corrected chi connectivity index (χ0v) is 10.7. The number of amides is 2. The summed E-state index contributed by atoms with van der Waals surface area (Å²) in [5.41, 5.74) is -0.276. The predicted octanol–water partition coefficient (Wildman–Crippen LogP) is 1.55. The van der Waals surface area contributed by atoms with Gasteiger partial charge in [0.2, 0.25) is 11.8 Å². The fourth-order valence-electron chi connectivity index (χ4n) is 1.93. The summed E-state index contributed by atoms with van der Waals surface area (Å²) >= 11 is 0. The number of nitrogens with one attached hydrogen (secondary N) is 1. The van der Waals surface area contributed by atoms with Gasteiger partial charge in [-0.3, -0.25) is 19.8 Å². The first-order valence-corrected chi connectivity index (χ1v) is 6.03. The Hall–Kier alpha value is -1.89. The van der Waals surface area contributed by atoms with Gasteiger partial charge in [0.1, 0.15) is 0 Å². The zero-order chi connectivity index (χ0) is 14.9. The second kappa shape index (κ2) is 5.24. The van der Waals surface area contributed by atoms with Gasteiger partial charge in [0.15, 0.2) is 0 Å². The number of hydrogen-bond acceptors (Lipinski definition) is 3. The van der Waals surface area contributed by atoms with Gasteiger partial charge in [0.25, 0.3) is 0 Å². The van der Waals surface area contributed by atoms with Crippen LogP contribution in [-0.2, 0) is 22.3 Å². The molecule has 0 spiro atoms. The van der Waals surface area contributed by atoms with Crippen molar-refractivity contribution in [2.45, 2.75) is 25.7 Å². The maximum absolute atomic E-state index is 12.4. The second-order valence-corrected chi connectivity index (χ2v) is 4.62. The van der Waals surface area contributed by atoms with E-state index in [1.807, 2.05) is 0 Å². The molecule has 4 nitrogen and oxygen atoms in total. The molecule has 1 unspecified atom stereocenters. The molecular formula is C13H13F3N2O2. The highest BCUT2D eigenvalue weighted by Crippen LogP contribution is 2.29. The van der Waals surface area contributed by atoms with Gasteiger partial charge in [0, 0.05) is 0 Å². The van der Waals surface area contributed by atoms with Gasteiger partial charge in [-0.15, -0.1) is 0 Å². The van der Waals surface area contributed by atoms with Gasteiger partial charge in [-0.2, -0.15) is 13.2 Å². The van der Waals surface area contributed by atoms with Crippen molar-refractivity contribution in [3.05, 3.63) is 35.4 Å². The monoisotopic (exact) mass is 286 g/mol. The predicted molar refractivity (Wildman–Crippen MR) is 64.5 cm³/mol. The van der Waals surface area contributed by atoms with E-state index in [1.165, 1.54) is 12.1 Å². The summed E-state index contributed by atoms with van der Waals surface area (Å²) in [6.45, 7) is 1.67. The molecule has 0 radical (unpaired) electrons. The van der Waals surface area contributed by atoms with E-state index in [1.54, 1.807) is 6.92 Å². The van der Waals surface area contributed by atoms with E-state index in [-0.39, 0.29) is 24.9 Å². The van der Waals surface area contributed by atoms with Crippen molar-refractivity contribution in [3.8, 4) is 0 Å². The van der Waals surface area contributed by atoms with Gasteiger partial charge in [-0.25, -0.2) is 0 Å². The Kier molecular flexibility index (Phi) is 3.80. The second-order valence-electron chi connectivity index (χ2n) is 4.62. The standard InChI is InChI=1S/C13H13F3N2O2/c1-8-12(20)18(11(19)6-17-8)7-9-2-4-10(5-3-9)13(14,15)16/h2-5,8,17H,6-7H2,1H3. The highest BCUT2D eigenvalue weighted by atomic mass is 19.4. The molecule has 0 aromatic heterocycles. The maximum atomic E-state index is 12.4. The number of hydrogen-bond donors (Lipinski definition) is 1. The Labute approximate surface area is 113 Å². The van der Waals surface area contributed by atoms with E-state index in [0.717, 1.165) is 17.0 Å². The molecule has 0 saturated carbocycles. The SMILES string of the molecule is CC1NCC(=O)N(Cc2ccc(C(F)(F)F)cc2)C1=O. The summed E-state index contributed by atoms with van der Waals surface area (Å²) in [5, 5.41) is 2.74. The maximum Gasteiger partial charge on any atom is 0.416 e. The first-order valence-electron chi connectivity index (χ1n) is 6.03. The molecule has 0 aliphatic carbocycles. The smallest absolute Gasteiger partial charge is 0.298 e. The van der Waals surface area contributed by atoms with Crippen LogP contribution < -0.4 is 5.32 Å². The van der Waals surface area contributed by atoms with Gasteiger partial charge in [-0.1, -0.05) is 12.1 Å². The fourth-order valence-corrected chi connectivity index (χ4v) is 1.93. The molecule has 1 aromatic carbocycles. The molecule has 7 heteroatoms. The lowest BCUT2D eigenvalue weighted by atomic mass is 10.1. The molecule has 1 aliphatic heterocycles. The van der Waals surface area contributed by atoms with E-state index in [4.69, 9.17) is 0 Å². The fraction of sp³-hybridized carbons (Fsp3) is 0.385. The average Bonchev–Trinajstić information content (AvgIpc) is 2.39. The molecule has 1 saturated heterocycles. The van der Waals surface area contributed by atoms with Crippen LogP contribution in [0.5, 0.6) is 0 Å². The molecule has 2 rings (SSSR count). The molecule has 20 heavy (non-hydrogen) atoms.